The average molecular weight is 138 g/mol. The minimum absolute atomic E-state index is 0.904. The summed E-state index contributed by atoms with van der Waals surface area (Å²) in [5.74, 6) is 0.904. The quantitative estimate of drug-likeness (QED) is 0.430. The highest BCUT2D eigenvalue weighted by atomic mass is 16.5. The van der Waals surface area contributed by atoms with E-state index in [0.29, 0.717) is 0 Å². The van der Waals surface area contributed by atoms with Crippen molar-refractivity contribution in [1.29, 1.82) is 0 Å². The summed E-state index contributed by atoms with van der Waals surface area (Å²) in [6.45, 7) is 7.53. The maximum Gasteiger partial charge on any atom is 0.0924 e. The fourth-order valence-corrected chi connectivity index (χ4v) is 0.385. The Morgan fingerprint density at radius 1 is 1.30 bits per heavy atom. The zero-order chi connectivity index (χ0) is 7.98. The molecule has 0 amide bonds. The molecule has 0 aromatic heterocycles. The lowest BCUT2D eigenvalue weighted by Crippen LogP contribution is -1.76. The van der Waals surface area contributed by atoms with Gasteiger partial charge in [0, 0.05) is 0 Å². The first-order chi connectivity index (χ1) is 4.70. The predicted molar refractivity (Wildman–Crippen MR) is 44.7 cm³/mol. The number of hydrogen-bond acceptors (Lipinski definition) is 1. The molecular formula is C9H14O. The molecule has 0 N–H and O–H groups in total. The molecule has 1 heteroatoms. The van der Waals surface area contributed by atoms with Crippen molar-refractivity contribution < 1.29 is 4.74 Å². The molecule has 56 valence electrons. The van der Waals surface area contributed by atoms with Gasteiger partial charge >= 0.3 is 0 Å². The summed E-state index contributed by atoms with van der Waals surface area (Å²) in [5, 5.41) is 0. The van der Waals surface area contributed by atoms with E-state index < -0.39 is 0 Å². The molecule has 0 bridgehead atoms. The first kappa shape index (κ1) is 9.02. The number of allylic oxidation sites excluding steroid dienone is 5. The lowest BCUT2D eigenvalue weighted by molar-refractivity contribution is 0.294. The van der Waals surface area contributed by atoms with E-state index >= 15 is 0 Å². The van der Waals surface area contributed by atoms with E-state index in [-0.39, 0.29) is 0 Å². The number of hydrogen-bond donors (Lipinski definition) is 0. The van der Waals surface area contributed by atoms with Crippen LogP contribution in [0.1, 0.15) is 13.8 Å². The molecule has 0 atom stereocenters. The van der Waals surface area contributed by atoms with Crippen molar-refractivity contribution in [2.24, 2.45) is 0 Å². The molecule has 10 heavy (non-hydrogen) atoms. The van der Waals surface area contributed by atoms with E-state index in [1.807, 2.05) is 26.0 Å². The van der Waals surface area contributed by atoms with Crippen molar-refractivity contribution in [2.75, 3.05) is 7.11 Å². The Balaban J connectivity index is 4.03. The second-order valence-electron chi connectivity index (χ2n) is 2.10. The largest absolute Gasteiger partial charge is 0.501 e. The summed E-state index contributed by atoms with van der Waals surface area (Å²) < 4.78 is 4.93. The van der Waals surface area contributed by atoms with Crippen molar-refractivity contribution in [2.45, 2.75) is 13.8 Å². The van der Waals surface area contributed by atoms with Crippen molar-refractivity contribution in [1.82, 2.24) is 0 Å². The fraction of sp³-hybridized carbons (Fsp3) is 0.333. The van der Waals surface area contributed by atoms with E-state index in [2.05, 4.69) is 6.58 Å². The fourth-order valence-electron chi connectivity index (χ4n) is 0.385. The van der Waals surface area contributed by atoms with Gasteiger partial charge in [0.2, 0.25) is 0 Å². The molecule has 0 unspecified atom stereocenters. The van der Waals surface area contributed by atoms with Gasteiger partial charge in [0.25, 0.3) is 0 Å². The predicted octanol–water partition coefficient (Wildman–Crippen LogP) is 2.67. The van der Waals surface area contributed by atoms with Crippen molar-refractivity contribution in [3.8, 4) is 0 Å². The Bertz CT molecular complexity index is 164. The smallest absolute Gasteiger partial charge is 0.0924 e. The molecule has 0 aliphatic rings. The third-order valence-corrected chi connectivity index (χ3v) is 1.22. The summed E-state index contributed by atoms with van der Waals surface area (Å²) in [4.78, 5) is 0. The molecule has 0 heterocycles. The molecule has 0 aromatic rings. The zero-order valence-corrected chi connectivity index (χ0v) is 6.85. The van der Waals surface area contributed by atoms with Crippen LogP contribution >= 0.6 is 0 Å². The summed E-state index contributed by atoms with van der Waals surface area (Å²) in [5.41, 5.74) is 1.14. The molecule has 0 spiro atoms. The lowest BCUT2D eigenvalue weighted by Gasteiger charge is -1.94. The van der Waals surface area contributed by atoms with Crippen LogP contribution in [0, 0.1) is 0 Å². The molecule has 0 radical (unpaired) electrons. The average Bonchev–Trinajstić information content (AvgIpc) is 1.99. The van der Waals surface area contributed by atoms with Crippen LogP contribution in [0.15, 0.2) is 36.1 Å². The van der Waals surface area contributed by atoms with Crippen LogP contribution < -0.4 is 0 Å². The summed E-state index contributed by atoms with van der Waals surface area (Å²) in [7, 11) is 1.66. The van der Waals surface area contributed by atoms with Gasteiger partial charge in [-0.25, -0.2) is 0 Å². The topological polar surface area (TPSA) is 9.23 Å². The van der Waals surface area contributed by atoms with E-state index in [1.165, 1.54) is 0 Å². The lowest BCUT2D eigenvalue weighted by atomic mass is 10.3. The van der Waals surface area contributed by atoms with Crippen LogP contribution in [0.2, 0.25) is 0 Å². The van der Waals surface area contributed by atoms with Crippen LogP contribution in [0.3, 0.4) is 0 Å². The van der Waals surface area contributed by atoms with E-state index in [4.69, 9.17) is 4.74 Å². The Labute approximate surface area is 62.7 Å². The first-order valence-electron chi connectivity index (χ1n) is 3.22. The Kier molecular flexibility index (Phi) is 4.38. The molecular weight excluding hydrogens is 124 g/mol. The minimum Gasteiger partial charge on any atom is -0.501 e. The minimum atomic E-state index is 0.904. The molecule has 0 saturated heterocycles. The molecule has 0 aliphatic heterocycles. The van der Waals surface area contributed by atoms with Gasteiger partial charge in [-0.3, -0.25) is 0 Å². The Morgan fingerprint density at radius 3 is 2.30 bits per heavy atom. The van der Waals surface area contributed by atoms with Crippen molar-refractivity contribution in [3.05, 3.63) is 36.1 Å². The van der Waals surface area contributed by atoms with E-state index in [9.17, 15) is 0 Å². The van der Waals surface area contributed by atoms with Crippen LogP contribution in [-0.2, 0) is 4.74 Å². The van der Waals surface area contributed by atoms with Gasteiger partial charge in [-0.2, -0.15) is 0 Å². The van der Waals surface area contributed by atoms with Gasteiger partial charge < -0.3 is 4.74 Å². The van der Waals surface area contributed by atoms with Crippen LogP contribution in [0.5, 0.6) is 0 Å². The summed E-state index contributed by atoms with van der Waals surface area (Å²) in [6.07, 6.45) is 5.68. The van der Waals surface area contributed by atoms with Gasteiger partial charge in [-0.05, 0) is 19.9 Å². The third-order valence-electron chi connectivity index (χ3n) is 1.22. The number of methoxy groups -OCH3 is 1. The van der Waals surface area contributed by atoms with Crippen LogP contribution in [0.4, 0.5) is 0 Å². The Morgan fingerprint density at radius 2 is 1.90 bits per heavy atom. The standard InChI is InChI=1S/C9H14O/c1-5-8(2)6-7-9(3)10-4/h5-7H,1H2,2-4H3. The molecule has 0 aromatic carbocycles. The molecule has 0 aliphatic carbocycles. The maximum absolute atomic E-state index is 4.93. The molecule has 1 nitrogen and oxygen atoms in total. The van der Waals surface area contributed by atoms with Crippen LogP contribution in [0.25, 0.3) is 0 Å². The second-order valence-corrected chi connectivity index (χ2v) is 2.10. The molecule has 0 saturated carbocycles. The summed E-state index contributed by atoms with van der Waals surface area (Å²) >= 11 is 0. The monoisotopic (exact) mass is 138 g/mol. The Hall–Kier alpha value is -0.980. The van der Waals surface area contributed by atoms with E-state index in [0.717, 1.165) is 11.3 Å². The van der Waals surface area contributed by atoms with Crippen molar-refractivity contribution >= 4 is 0 Å². The molecule has 0 fully saturated rings. The van der Waals surface area contributed by atoms with Gasteiger partial charge in [0.1, 0.15) is 0 Å². The maximum atomic E-state index is 4.93. The number of ether oxygens (including phenoxy) is 1. The number of rotatable bonds is 3. The second kappa shape index (κ2) is 4.86. The van der Waals surface area contributed by atoms with Gasteiger partial charge in [-0.15, -0.1) is 0 Å². The first-order valence-corrected chi connectivity index (χ1v) is 3.22. The van der Waals surface area contributed by atoms with Gasteiger partial charge in [-0.1, -0.05) is 24.3 Å². The zero-order valence-electron chi connectivity index (χ0n) is 6.85. The summed E-state index contributed by atoms with van der Waals surface area (Å²) in [6, 6.07) is 0. The normalized spacial score (nSPS) is 13.1. The van der Waals surface area contributed by atoms with Crippen molar-refractivity contribution in [3.63, 3.8) is 0 Å². The third kappa shape index (κ3) is 3.96. The van der Waals surface area contributed by atoms with Gasteiger partial charge in [0.15, 0.2) is 0 Å². The highest BCUT2D eigenvalue weighted by Gasteiger charge is 1.80. The van der Waals surface area contributed by atoms with Gasteiger partial charge in [0.05, 0.1) is 12.9 Å². The molecule has 0 rings (SSSR count). The highest BCUT2D eigenvalue weighted by Crippen LogP contribution is 1.97. The SMILES string of the molecule is C=CC(C)=CC=C(C)OC. The van der Waals surface area contributed by atoms with E-state index in [1.54, 1.807) is 13.2 Å². The highest BCUT2D eigenvalue weighted by molar-refractivity contribution is 5.20. The van der Waals surface area contributed by atoms with Crippen LogP contribution in [-0.4, -0.2) is 7.11 Å².